The number of fused-ring (bicyclic) bond motifs is 1. The van der Waals surface area contributed by atoms with Gasteiger partial charge in [-0.05, 0) is 36.6 Å². The van der Waals surface area contributed by atoms with Crippen LogP contribution in [0.15, 0.2) is 30.5 Å². The van der Waals surface area contributed by atoms with E-state index in [2.05, 4.69) is 20.3 Å². The number of nitrogens with zero attached hydrogens (tertiary/aromatic N) is 3. The first-order chi connectivity index (χ1) is 12.6. The Morgan fingerprint density at radius 3 is 2.73 bits per heavy atom. The maximum absolute atomic E-state index is 14.4. The van der Waals surface area contributed by atoms with Gasteiger partial charge in [-0.2, -0.15) is 4.98 Å². The van der Waals surface area contributed by atoms with Crippen LogP contribution in [-0.4, -0.2) is 21.0 Å². The number of hydrogen-bond donors (Lipinski definition) is 2. The van der Waals surface area contributed by atoms with Crippen LogP contribution in [0.3, 0.4) is 0 Å². The van der Waals surface area contributed by atoms with Gasteiger partial charge in [0.2, 0.25) is 5.95 Å². The van der Waals surface area contributed by atoms with E-state index in [0.717, 1.165) is 23.7 Å². The molecule has 4 rings (SSSR count). The van der Waals surface area contributed by atoms with Gasteiger partial charge < -0.3 is 11.1 Å². The summed E-state index contributed by atoms with van der Waals surface area (Å²) in [6.45, 7) is 0. The van der Waals surface area contributed by atoms with E-state index in [1.807, 2.05) is 12.1 Å². The molecule has 134 valence electrons. The zero-order valence-corrected chi connectivity index (χ0v) is 14.9. The Kier molecular flexibility index (Phi) is 4.59. The quantitative estimate of drug-likeness (QED) is 0.646. The van der Waals surface area contributed by atoms with Crippen molar-refractivity contribution in [2.75, 3.05) is 11.1 Å². The molecule has 0 saturated heterocycles. The molecule has 0 spiro atoms. The molecule has 7 heteroatoms. The lowest BCUT2D eigenvalue weighted by molar-refractivity contribution is 0.462. The van der Waals surface area contributed by atoms with E-state index in [9.17, 15) is 4.39 Å². The average molecular weight is 372 g/mol. The van der Waals surface area contributed by atoms with Crippen molar-refractivity contribution in [3.05, 3.63) is 41.4 Å². The molecular formula is C19H19ClFN5. The molecular weight excluding hydrogens is 353 g/mol. The van der Waals surface area contributed by atoms with Crippen molar-refractivity contribution in [1.29, 1.82) is 0 Å². The Morgan fingerprint density at radius 1 is 1.12 bits per heavy atom. The number of halogens is 2. The highest BCUT2D eigenvalue weighted by Gasteiger charge is 2.17. The van der Waals surface area contributed by atoms with Crippen molar-refractivity contribution < 1.29 is 4.39 Å². The summed E-state index contributed by atoms with van der Waals surface area (Å²) in [4.78, 5) is 12.5. The topological polar surface area (TPSA) is 76.7 Å². The van der Waals surface area contributed by atoms with Crippen molar-refractivity contribution in [3.63, 3.8) is 0 Å². The van der Waals surface area contributed by atoms with E-state index in [0.29, 0.717) is 23.0 Å². The largest absolute Gasteiger partial charge is 0.368 e. The van der Waals surface area contributed by atoms with Crippen LogP contribution >= 0.6 is 11.6 Å². The van der Waals surface area contributed by atoms with Crippen LogP contribution in [0, 0.1) is 5.82 Å². The van der Waals surface area contributed by atoms with Gasteiger partial charge in [0.15, 0.2) is 11.0 Å². The van der Waals surface area contributed by atoms with E-state index in [-0.39, 0.29) is 11.1 Å². The fourth-order valence-corrected chi connectivity index (χ4v) is 3.66. The molecule has 1 aromatic carbocycles. The molecule has 0 atom stereocenters. The summed E-state index contributed by atoms with van der Waals surface area (Å²) in [5.74, 6) is 0.384. The summed E-state index contributed by atoms with van der Waals surface area (Å²) in [7, 11) is 0. The van der Waals surface area contributed by atoms with Crippen molar-refractivity contribution in [2.45, 2.75) is 38.1 Å². The van der Waals surface area contributed by atoms with E-state index in [1.54, 1.807) is 12.1 Å². The molecule has 0 amide bonds. The van der Waals surface area contributed by atoms with Gasteiger partial charge in [-0.1, -0.05) is 36.9 Å². The molecule has 5 nitrogen and oxygen atoms in total. The van der Waals surface area contributed by atoms with Gasteiger partial charge in [0.1, 0.15) is 5.82 Å². The standard InChI is InChI=1S/C19H19ClFN5/c20-17-16(21)13(8-9-23-17)11-6-7-15-14(10-11)18(26-19(22)25-15)24-12-4-2-1-3-5-12/h6-10,12H,1-5H2,(H3,22,24,25,26). The Labute approximate surface area is 155 Å². The lowest BCUT2D eigenvalue weighted by atomic mass is 9.95. The summed E-state index contributed by atoms with van der Waals surface area (Å²) < 4.78 is 14.4. The minimum Gasteiger partial charge on any atom is -0.368 e. The zero-order chi connectivity index (χ0) is 18.1. The normalized spacial score (nSPS) is 15.3. The SMILES string of the molecule is Nc1nc(NC2CCCCC2)c2cc(-c3ccnc(Cl)c3F)ccc2n1. The van der Waals surface area contributed by atoms with Gasteiger partial charge in [0, 0.05) is 23.2 Å². The van der Waals surface area contributed by atoms with Gasteiger partial charge in [-0.25, -0.2) is 14.4 Å². The number of hydrogen-bond acceptors (Lipinski definition) is 5. The Hall–Kier alpha value is -2.47. The molecule has 0 radical (unpaired) electrons. The molecule has 3 aromatic rings. The number of nitrogen functional groups attached to an aromatic ring is 1. The molecule has 1 saturated carbocycles. The number of anilines is 2. The molecule has 1 fully saturated rings. The third-order valence-corrected chi connectivity index (χ3v) is 5.08. The third-order valence-electron chi connectivity index (χ3n) is 4.82. The summed E-state index contributed by atoms with van der Waals surface area (Å²) >= 11 is 5.82. The molecule has 2 aromatic heterocycles. The number of nitrogens with one attached hydrogen (secondary N) is 1. The third kappa shape index (κ3) is 3.29. The molecule has 2 heterocycles. The van der Waals surface area contributed by atoms with Crippen molar-refractivity contribution in [3.8, 4) is 11.1 Å². The summed E-state index contributed by atoms with van der Waals surface area (Å²) in [6, 6.07) is 7.47. The van der Waals surface area contributed by atoms with Gasteiger partial charge >= 0.3 is 0 Å². The fraction of sp³-hybridized carbons (Fsp3) is 0.316. The van der Waals surface area contributed by atoms with E-state index < -0.39 is 5.82 Å². The lowest BCUT2D eigenvalue weighted by Crippen LogP contribution is -2.23. The Balaban J connectivity index is 1.79. The number of rotatable bonds is 3. The van der Waals surface area contributed by atoms with Crippen LogP contribution in [0.2, 0.25) is 5.15 Å². The van der Waals surface area contributed by atoms with Crippen molar-refractivity contribution >= 4 is 34.3 Å². The Bertz CT molecular complexity index is 956. The second-order valence-electron chi connectivity index (χ2n) is 6.60. The number of aromatic nitrogens is 3. The van der Waals surface area contributed by atoms with Crippen LogP contribution in [0.5, 0.6) is 0 Å². The molecule has 26 heavy (non-hydrogen) atoms. The molecule has 0 aliphatic heterocycles. The first-order valence-electron chi connectivity index (χ1n) is 8.76. The minimum atomic E-state index is -0.535. The van der Waals surface area contributed by atoms with Gasteiger partial charge in [0.25, 0.3) is 0 Å². The Morgan fingerprint density at radius 2 is 1.92 bits per heavy atom. The van der Waals surface area contributed by atoms with Crippen molar-refractivity contribution in [1.82, 2.24) is 15.0 Å². The van der Waals surface area contributed by atoms with Crippen LogP contribution in [-0.2, 0) is 0 Å². The van der Waals surface area contributed by atoms with E-state index >= 15 is 0 Å². The van der Waals surface area contributed by atoms with Crippen LogP contribution in [0.4, 0.5) is 16.2 Å². The average Bonchev–Trinajstić information content (AvgIpc) is 2.64. The van der Waals surface area contributed by atoms with Crippen molar-refractivity contribution in [2.24, 2.45) is 0 Å². The molecule has 3 N–H and O–H groups in total. The highest BCUT2D eigenvalue weighted by molar-refractivity contribution is 6.29. The zero-order valence-electron chi connectivity index (χ0n) is 14.2. The van der Waals surface area contributed by atoms with Crippen LogP contribution < -0.4 is 11.1 Å². The summed E-state index contributed by atoms with van der Waals surface area (Å²) in [5, 5.41) is 4.18. The predicted octanol–water partition coefficient (Wildman–Crippen LogP) is 4.81. The first kappa shape index (κ1) is 17.0. The maximum Gasteiger partial charge on any atom is 0.222 e. The second kappa shape index (κ2) is 7.03. The fourth-order valence-electron chi connectivity index (χ4n) is 3.51. The van der Waals surface area contributed by atoms with E-state index in [4.69, 9.17) is 17.3 Å². The number of pyridine rings is 1. The second-order valence-corrected chi connectivity index (χ2v) is 6.96. The predicted molar refractivity (Wildman–Crippen MR) is 103 cm³/mol. The summed E-state index contributed by atoms with van der Waals surface area (Å²) in [5.41, 5.74) is 7.69. The maximum atomic E-state index is 14.4. The molecule has 1 aliphatic carbocycles. The summed E-state index contributed by atoms with van der Waals surface area (Å²) in [6.07, 6.45) is 7.41. The van der Waals surface area contributed by atoms with Gasteiger partial charge in [-0.15, -0.1) is 0 Å². The lowest BCUT2D eigenvalue weighted by Gasteiger charge is -2.24. The molecule has 0 unspecified atom stereocenters. The van der Waals surface area contributed by atoms with E-state index in [1.165, 1.54) is 25.5 Å². The van der Waals surface area contributed by atoms with Gasteiger partial charge in [-0.3, -0.25) is 0 Å². The monoisotopic (exact) mass is 371 g/mol. The highest BCUT2D eigenvalue weighted by atomic mass is 35.5. The smallest absolute Gasteiger partial charge is 0.222 e. The molecule has 0 bridgehead atoms. The van der Waals surface area contributed by atoms with Crippen LogP contribution in [0.25, 0.3) is 22.0 Å². The van der Waals surface area contributed by atoms with Crippen LogP contribution in [0.1, 0.15) is 32.1 Å². The number of benzene rings is 1. The van der Waals surface area contributed by atoms with Gasteiger partial charge in [0.05, 0.1) is 5.52 Å². The first-order valence-corrected chi connectivity index (χ1v) is 9.14. The number of nitrogens with two attached hydrogens (primary N) is 1. The highest BCUT2D eigenvalue weighted by Crippen LogP contribution is 2.32. The molecule has 1 aliphatic rings. The minimum absolute atomic E-state index is 0.142.